The van der Waals surface area contributed by atoms with Gasteiger partial charge >= 0.3 is 0 Å². The summed E-state index contributed by atoms with van der Waals surface area (Å²) >= 11 is 1.56. The number of hydrogen-bond acceptors (Lipinski definition) is 6. The van der Waals surface area contributed by atoms with Gasteiger partial charge in [-0.2, -0.15) is 11.3 Å². The quantitative estimate of drug-likeness (QED) is 0.478. The number of Topliss-reactive ketones (excluding diaryl/α,β-unsaturated/α-hetero) is 1. The molecule has 3 N–H and O–H groups in total. The minimum atomic E-state index is -1.12. The third kappa shape index (κ3) is 6.15. The van der Waals surface area contributed by atoms with Gasteiger partial charge in [-0.1, -0.05) is 26.0 Å². The number of nitrogens with one attached hydrogen (secondary N) is 1. The molecule has 3 amide bonds. The van der Waals surface area contributed by atoms with E-state index in [0.29, 0.717) is 32.4 Å². The zero-order valence-electron chi connectivity index (χ0n) is 22.7. The van der Waals surface area contributed by atoms with E-state index in [1.807, 2.05) is 48.9 Å². The van der Waals surface area contributed by atoms with Crippen LogP contribution in [0.25, 0.3) is 0 Å². The summed E-state index contributed by atoms with van der Waals surface area (Å²) in [6.45, 7) is 8.19. The molecule has 0 aliphatic carbocycles. The number of nitrogens with zero attached hydrogens (tertiary/aromatic N) is 2. The maximum Gasteiger partial charge on any atom is 0.240 e. The van der Waals surface area contributed by atoms with Crippen LogP contribution >= 0.6 is 11.3 Å². The first kappa shape index (κ1) is 28.0. The Labute approximate surface area is 228 Å². The first-order chi connectivity index (χ1) is 18.0. The smallest absolute Gasteiger partial charge is 0.240 e. The molecule has 2 aliphatic heterocycles. The maximum atomic E-state index is 14.0. The Morgan fingerprint density at radius 2 is 1.97 bits per heavy atom. The van der Waals surface area contributed by atoms with E-state index in [9.17, 15) is 19.2 Å². The topological polar surface area (TPSA) is 113 Å². The molecule has 0 bridgehead atoms. The van der Waals surface area contributed by atoms with Crippen LogP contribution in [0.1, 0.15) is 64.5 Å². The second-order valence-electron chi connectivity index (χ2n) is 11.4. The molecule has 0 saturated carbocycles. The molecule has 0 radical (unpaired) electrons. The van der Waals surface area contributed by atoms with Crippen LogP contribution in [-0.2, 0) is 32.1 Å². The molecule has 2 aromatic rings. The third-order valence-corrected chi connectivity index (χ3v) is 7.90. The zero-order chi connectivity index (χ0) is 27.6. The van der Waals surface area contributed by atoms with E-state index >= 15 is 0 Å². The minimum absolute atomic E-state index is 0.0218. The number of anilines is 2. The lowest BCUT2D eigenvalue weighted by Crippen LogP contribution is -2.54. The van der Waals surface area contributed by atoms with Crippen molar-refractivity contribution in [3.63, 3.8) is 0 Å². The zero-order valence-corrected chi connectivity index (χ0v) is 23.5. The van der Waals surface area contributed by atoms with E-state index in [1.165, 1.54) is 0 Å². The molecule has 1 fully saturated rings. The highest BCUT2D eigenvalue weighted by molar-refractivity contribution is 7.07. The summed E-state index contributed by atoms with van der Waals surface area (Å²) in [7, 11) is 0. The van der Waals surface area contributed by atoms with Crippen LogP contribution in [0.5, 0.6) is 0 Å². The molecule has 1 aromatic heterocycles. The fraction of sp³-hybridized carbons (Fsp3) is 0.517. The SMILES string of the molecule is CC(C)C[C@@H](NC(=O)C(C)(C)N)C(=O)CC1Cc2cccc(N3CCCC3=O)c2N(Cc2ccsc2)C1=O. The lowest BCUT2D eigenvalue weighted by Gasteiger charge is -2.37. The van der Waals surface area contributed by atoms with Crippen LogP contribution in [0.2, 0.25) is 0 Å². The van der Waals surface area contributed by atoms with Crippen molar-refractivity contribution >= 4 is 46.2 Å². The highest BCUT2D eigenvalue weighted by Crippen LogP contribution is 2.42. The summed E-state index contributed by atoms with van der Waals surface area (Å²) in [5.74, 6) is -1.02. The monoisotopic (exact) mass is 538 g/mol. The second-order valence-corrected chi connectivity index (χ2v) is 12.2. The lowest BCUT2D eigenvalue weighted by atomic mass is 9.84. The van der Waals surface area contributed by atoms with E-state index in [1.54, 1.807) is 35.0 Å². The van der Waals surface area contributed by atoms with Crippen LogP contribution in [0.4, 0.5) is 11.4 Å². The van der Waals surface area contributed by atoms with Gasteiger partial charge in [-0.15, -0.1) is 0 Å². The van der Waals surface area contributed by atoms with Crippen molar-refractivity contribution in [2.24, 2.45) is 17.6 Å². The van der Waals surface area contributed by atoms with Crippen molar-refractivity contribution in [2.75, 3.05) is 16.3 Å². The number of carbonyl (C=O) groups is 4. The van der Waals surface area contributed by atoms with Crippen molar-refractivity contribution in [3.05, 3.63) is 46.2 Å². The first-order valence-electron chi connectivity index (χ1n) is 13.3. The number of amides is 3. The number of hydrogen-bond donors (Lipinski definition) is 2. The molecule has 3 heterocycles. The molecular formula is C29H38N4O4S. The van der Waals surface area contributed by atoms with Crippen molar-refractivity contribution in [1.82, 2.24) is 5.32 Å². The van der Waals surface area contributed by atoms with Gasteiger partial charge in [0.25, 0.3) is 0 Å². The molecule has 1 aromatic carbocycles. The van der Waals surface area contributed by atoms with Gasteiger partial charge in [0.1, 0.15) is 0 Å². The van der Waals surface area contributed by atoms with E-state index in [-0.39, 0.29) is 29.9 Å². The third-order valence-electron chi connectivity index (χ3n) is 7.17. The number of para-hydroxylation sites is 1. The Bertz CT molecular complexity index is 1200. The summed E-state index contributed by atoms with van der Waals surface area (Å²) in [6, 6.07) is 7.08. The van der Waals surface area contributed by atoms with Crippen molar-refractivity contribution < 1.29 is 19.2 Å². The summed E-state index contributed by atoms with van der Waals surface area (Å²) in [4.78, 5) is 56.3. The largest absolute Gasteiger partial charge is 0.345 e. The van der Waals surface area contributed by atoms with Gasteiger partial charge < -0.3 is 20.9 Å². The summed E-state index contributed by atoms with van der Waals surface area (Å²) in [5.41, 5.74) is 8.32. The van der Waals surface area contributed by atoms with Gasteiger partial charge in [0.15, 0.2) is 5.78 Å². The van der Waals surface area contributed by atoms with Crippen LogP contribution in [-0.4, -0.2) is 41.6 Å². The lowest BCUT2D eigenvalue weighted by molar-refractivity contribution is -0.132. The minimum Gasteiger partial charge on any atom is -0.345 e. The average Bonchev–Trinajstić information content (AvgIpc) is 3.51. The van der Waals surface area contributed by atoms with Crippen LogP contribution in [0.3, 0.4) is 0 Å². The molecule has 1 saturated heterocycles. The number of nitrogens with two attached hydrogens (primary N) is 1. The fourth-order valence-corrected chi connectivity index (χ4v) is 5.87. The Morgan fingerprint density at radius 3 is 2.58 bits per heavy atom. The number of rotatable bonds is 10. The van der Waals surface area contributed by atoms with E-state index in [4.69, 9.17) is 5.73 Å². The fourth-order valence-electron chi connectivity index (χ4n) is 5.21. The van der Waals surface area contributed by atoms with Gasteiger partial charge in [-0.3, -0.25) is 19.2 Å². The normalized spacial score (nSPS) is 18.6. The maximum absolute atomic E-state index is 14.0. The predicted octanol–water partition coefficient (Wildman–Crippen LogP) is 3.81. The highest BCUT2D eigenvalue weighted by atomic mass is 32.1. The van der Waals surface area contributed by atoms with Crippen molar-refractivity contribution in [1.29, 1.82) is 0 Å². The van der Waals surface area contributed by atoms with E-state index in [2.05, 4.69) is 5.32 Å². The Morgan fingerprint density at radius 1 is 1.21 bits per heavy atom. The molecule has 4 rings (SSSR count). The number of carbonyl (C=O) groups excluding carboxylic acids is 4. The molecule has 38 heavy (non-hydrogen) atoms. The standard InChI is InChI=1S/C29H38N4O4S/c1-18(2)13-22(31-28(37)29(3,4)30)24(34)15-21-14-20-7-5-8-23(32-11-6-9-25(32)35)26(20)33(27(21)36)16-19-10-12-38-17-19/h5,7-8,10,12,17-18,21-22H,6,9,11,13-16,30H2,1-4H3,(H,31,37)/t21?,22-/m1/s1. The predicted molar refractivity (Wildman–Crippen MR) is 150 cm³/mol. The molecule has 204 valence electrons. The molecule has 2 atom stereocenters. The molecule has 2 aliphatic rings. The summed E-state index contributed by atoms with van der Waals surface area (Å²) in [6.07, 6.45) is 2.19. The number of benzene rings is 1. The molecule has 8 nitrogen and oxygen atoms in total. The van der Waals surface area contributed by atoms with Crippen LogP contribution in [0.15, 0.2) is 35.0 Å². The van der Waals surface area contributed by atoms with Gasteiger partial charge in [0, 0.05) is 25.3 Å². The molecule has 0 spiro atoms. The summed E-state index contributed by atoms with van der Waals surface area (Å²) < 4.78 is 0. The van der Waals surface area contributed by atoms with Gasteiger partial charge in [0.2, 0.25) is 17.7 Å². The number of thiophene rings is 1. The number of fused-ring (bicyclic) bond motifs is 1. The van der Waals surface area contributed by atoms with Crippen LogP contribution in [0, 0.1) is 11.8 Å². The van der Waals surface area contributed by atoms with E-state index in [0.717, 1.165) is 28.9 Å². The molecule has 1 unspecified atom stereocenters. The molecule has 9 heteroatoms. The van der Waals surface area contributed by atoms with Crippen LogP contribution < -0.4 is 20.9 Å². The van der Waals surface area contributed by atoms with E-state index < -0.39 is 23.4 Å². The van der Waals surface area contributed by atoms with Crippen molar-refractivity contribution in [3.8, 4) is 0 Å². The Kier molecular flexibility index (Phi) is 8.37. The summed E-state index contributed by atoms with van der Waals surface area (Å²) in [5, 5.41) is 6.81. The number of ketones is 1. The van der Waals surface area contributed by atoms with Gasteiger partial charge in [0.05, 0.1) is 29.5 Å². The average molecular weight is 539 g/mol. The first-order valence-corrected chi connectivity index (χ1v) is 14.3. The molecular weight excluding hydrogens is 500 g/mol. The highest BCUT2D eigenvalue weighted by Gasteiger charge is 2.39. The van der Waals surface area contributed by atoms with Gasteiger partial charge in [-0.05, 0) is 73.0 Å². The Balaban J connectivity index is 1.64. The Hall–Kier alpha value is -3.04. The second kappa shape index (κ2) is 11.4. The van der Waals surface area contributed by atoms with Gasteiger partial charge in [-0.25, -0.2) is 0 Å². The van der Waals surface area contributed by atoms with Crippen molar-refractivity contribution in [2.45, 2.75) is 77.9 Å².